The molecule has 0 radical (unpaired) electrons. The topological polar surface area (TPSA) is 71.1 Å². The van der Waals surface area contributed by atoms with E-state index in [4.69, 9.17) is 0 Å². The third-order valence-corrected chi connectivity index (χ3v) is 3.02. The standard InChI is InChI=1S/C16H11N3O2/c20-15-14(18-16(21)19-15)12-7-4-11(5-8-12)6-9-13-3-1-2-10-17-13/h1-5,7-8,10,14H,(H2,18,19,20,21). The SMILES string of the molecule is O=C1NC(=O)C(c2ccc(C#Cc3ccccn3)cc2)N1. The van der Waals surface area contributed by atoms with E-state index in [2.05, 4.69) is 27.5 Å². The van der Waals surface area contributed by atoms with Crippen LogP contribution >= 0.6 is 0 Å². The van der Waals surface area contributed by atoms with Gasteiger partial charge in [-0.15, -0.1) is 0 Å². The van der Waals surface area contributed by atoms with Gasteiger partial charge >= 0.3 is 6.03 Å². The highest BCUT2D eigenvalue weighted by atomic mass is 16.2. The summed E-state index contributed by atoms with van der Waals surface area (Å²) in [6.45, 7) is 0. The number of urea groups is 1. The first-order valence-electron chi connectivity index (χ1n) is 6.37. The van der Waals surface area contributed by atoms with Gasteiger partial charge in [-0.3, -0.25) is 10.1 Å². The van der Waals surface area contributed by atoms with Crippen LogP contribution in [-0.2, 0) is 4.79 Å². The van der Waals surface area contributed by atoms with E-state index in [0.29, 0.717) is 5.69 Å². The molecule has 1 aromatic carbocycles. The molecule has 1 atom stereocenters. The molecular formula is C16H11N3O2. The van der Waals surface area contributed by atoms with E-state index in [9.17, 15) is 9.59 Å². The van der Waals surface area contributed by atoms with E-state index >= 15 is 0 Å². The van der Waals surface area contributed by atoms with Gasteiger partial charge in [-0.05, 0) is 35.7 Å². The van der Waals surface area contributed by atoms with Crippen LogP contribution in [-0.4, -0.2) is 16.9 Å². The molecular weight excluding hydrogens is 266 g/mol. The Balaban J connectivity index is 1.78. The molecule has 102 valence electrons. The van der Waals surface area contributed by atoms with Gasteiger partial charge in [0, 0.05) is 11.8 Å². The number of hydrogen-bond donors (Lipinski definition) is 2. The molecule has 0 bridgehead atoms. The zero-order valence-corrected chi connectivity index (χ0v) is 11.0. The summed E-state index contributed by atoms with van der Waals surface area (Å²) in [5, 5.41) is 4.75. The summed E-state index contributed by atoms with van der Waals surface area (Å²) in [6.07, 6.45) is 1.69. The number of pyridine rings is 1. The first kappa shape index (κ1) is 12.9. The second-order valence-corrected chi connectivity index (χ2v) is 4.48. The molecule has 0 aliphatic carbocycles. The van der Waals surface area contributed by atoms with Crippen LogP contribution in [0.4, 0.5) is 4.79 Å². The van der Waals surface area contributed by atoms with Crippen LogP contribution in [0.2, 0.25) is 0 Å². The minimum absolute atomic E-state index is 0.340. The Bertz CT molecular complexity index is 743. The fraction of sp³-hybridized carbons (Fsp3) is 0.0625. The van der Waals surface area contributed by atoms with Gasteiger partial charge < -0.3 is 5.32 Å². The van der Waals surface area contributed by atoms with Gasteiger partial charge in [0.25, 0.3) is 5.91 Å². The number of carbonyl (C=O) groups is 2. The number of nitrogens with one attached hydrogen (secondary N) is 2. The predicted molar refractivity (Wildman–Crippen MR) is 76.1 cm³/mol. The second kappa shape index (κ2) is 5.47. The highest BCUT2D eigenvalue weighted by Crippen LogP contribution is 2.16. The van der Waals surface area contributed by atoms with Crippen molar-refractivity contribution in [2.45, 2.75) is 6.04 Å². The lowest BCUT2D eigenvalue weighted by Gasteiger charge is -2.06. The van der Waals surface area contributed by atoms with Crippen LogP contribution in [0, 0.1) is 11.8 Å². The number of amides is 3. The maximum absolute atomic E-state index is 11.6. The second-order valence-electron chi connectivity index (χ2n) is 4.48. The van der Waals surface area contributed by atoms with Gasteiger partial charge in [0.15, 0.2) is 0 Å². The molecule has 1 unspecified atom stereocenters. The molecule has 21 heavy (non-hydrogen) atoms. The Kier molecular flexibility index (Phi) is 3.36. The summed E-state index contributed by atoms with van der Waals surface area (Å²) in [5.74, 6) is 5.61. The number of rotatable bonds is 1. The number of aromatic nitrogens is 1. The van der Waals surface area contributed by atoms with Crippen molar-refractivity contribution in [3.05, 3.63) is 65.5 Å². The lowest BCUT2D eigenvalue weighted by molar-refractivity contribution is -0.120. The van der Waals surface area contributed by atoms with Gasteiger partial charge in [-0.2, -0.15) is 0 Å². The van der Waals surface area contributed by atoms with Crippen LogP contribution in [0.15, 0.2) is 48.7 Å². The van der Waals surface area contributed by atoms with E-state index in [1.165, 1.54) is 0 Å². The van der Waals surface area contributed by atoms with E-state index in [-0.39, 0.29) is 5.91 Å². The molecule has 0 spiro atoms. The molecule has 2 N–H and O–H groups in total. The fourth-order valence-electron chi connectivity index (χ4n) is 1.98. The molecule has 5 heteroatoms. The zero-order valence-electron chi connectivity index (χ0n) is 11.0. The van der Waals surface area contributed by atoms with Crippen molar-refractivity contribution in [2.75, 3.05) is 0 Å². The average Bonchev–Trinajstić information content (AvgIpc) is 2.85. The number of carbonyl (C=O) groups excluding carboxylic acids is 2. The minimum Gasteiger partial charge on any atom is -0.322 e. The minimum atomic E-state index is -0.629. The number of nitrogens with zero attached hydrogens (tertiary/aromatic N) is 1. The Morgan fingerprint density at radius 2 is 1.81 bits per heavy atom. The molecule has 1 saturated heterocycles. The van der Waals surface area contributed by atoms with Crippen LogP contribution < -0.4 is 10.6 Å². The van der Waals surface area contributed by atoms with Gasteiger partial charge in [0.05, 0.1) is 0 Å². The quantitative estimate of drug-likeness (QED) is 0.611. The van der Waals surface area contributed by atoms with Crippen molar-refractivity contribution in [2.24, 2.45) is 0 Å². The van der Waals surface area contributed by atoms with Gasteiger partial charge in [-0.25, -0.2) is 9.78 Å². The third-order valence-electron chi connectivity index (χ3n) is 3.02. The van der Waals surface area contributed by atoms with Crippen molar-refractivity contribution in [3.63, 3.8) is 0 Å². The van der Waals surface area contributed by atoms with Crippen molar-refractivity contribution < 1.29 is 9.59 Å². The maximum atomic E-state index is 11.6. The first-order valence-corrected chi connectivity index (χ1v) is 6.37. The summed E-state index contributed by atoms with van der Waals surface area (Å²) < 4.78 is 0. The normalized spacial score (nSPS) is 16.7. The van der Waals surface area contributed by atoms with E-state index in [0.717, 1.165) is 11.1 Å². The van der Waals surface area contributed by atoms with Crippen LogP contribution in [0.5, 0.6) is 0 Å². The van der Waals surface area contributed by atoms with Gasteiger partial charge in [0.1, 0.15) is 11.7 Å². The average molecular weight is 277 g/mol. The molecule has 1 fully saturated rings. The van der Waals surface area contributed by atoms with E-state index < -0.39 is 12.1 Å². The summed E-state index contributed by atoms with van der Waals surface area (Å²) in [7, 11) is 0. The zero-order chi connectivity index (χ0) is 14.7. The maximum Gasteiger partial charge on any atom is 0.322 e. The van der Waals surface area contributed by atoms with Crippen LogP contribution in [0.25, 0.3) is 0 Å². The summed E-state index contributed by atoms with van der Waals surface area (Å²) in [5.41, 5.74) is 2.24. The highest BCUT2D eigenvalue weighted by Gasteiger charge is 2.30. The van der Waals surface area contributed by atoms with Crippen molar-refractivity contribution in [1.29, 1.82) is 0 Å². The summed E-state index contributed by atoms with van der Waals surface area (Å²) >= 11 is 0. The Hall–Kier alpha value is -3.13. The van der Waals surface area contributed by atoms with Gasteiger partial charge in [-0.1, -0.05) is 24.1 Å². The molecule has 3 amide bonds. The highest BCUT2D eigenvalue weighted by molar-refractivity contribution is 6.04. The molecule has 0 saturated carbocycles. The molecule has 2 heterocycles. The lowest BCUT2D eigenvalue weighted by Crippen LogP contribution is -2.22. The smallest absolute Gasteiger partial charge is 0.322 e. The third kappa shape index (κ3) is 2.90. The fourth-order valence-corrected chi connectivity index (χ4v) is 1.98. The van der Waals surface area contributed by atoms with Crippen molar-refractivity contribution in [3.8, 4) is 11.8 Å². The predicted octanol–water partition coefficient (Wildman–Crippen LogP) is 1.36. The van der Waals surface area contributed by atoms with E-state index in [1.54, 1.807) is 18.3 Å². The number of benzene rings is 1. The van der Waals surface area contributed by atoms with Crippen LogP contribution in [0.1, 0.15) is 22.9 Å². The molecule has 1 aliphatic rings. The Labute approximate surface area is 121 Å². The summed E-state index contributed by atoms with van der Waals surface area (Å²) in [4.78, 5) is 26.8. The largest absolute Gasteiger partial charge is 0.322 e. The molecule has 2 aromatic rings. The Morgan fingerprint density at radius 1 is 1.00 bits per heavy atom. The number of hydrogen-bond acceptors (Lipinski definition) is 3. The number of imide groups is 1. The van der Waals surface area contributed by atoms with Crippen LogP contribution in [0.3, 0.4) is 0 Å². The monoisotopic (exact) mass is 277 g/mol. The summed E-state index contributed by atoms with van der Waals surface area (Å²) in [6, 6.07) is 11.6. The van der Waals surface area contributed by atoms with Crippen molar-refractivity contribution >= 4 is 11.9 Å². The lowest BCUT2D eigenvalue weighted by atomic mass is 10.1. The van der Waals surface area contributed by atoms with Crippen molar-refractivity contribution in [1.82, 2.24) is 15.6 Å². The molecule has 1 aromatic heterocycles. The van der Waals surface area contributed by atoms with Gasteiger partial charge in [0.2, 0.25) is 0 Å². The Morgan fingerprint density at radius 3 is 2.43 bits per heavy atom. The first-order chi connectivity index (χ1) is 10.2. The molecule has 5 nitrogen and oxygen atoms in total. The molecule has 1 aliphatic heterocycles. The van der Waals surface area contributed by atoms with E-state index in [1.807, 2.05) is 30.3 Å². The molecule has 3 rings (SSSR count).